The zero-order valence-electron chi connectivity index (χ0n) is 18.1. The summed E-state index contributed by atoms with van der Waals surface area (Å²) >= 11 is 0.959. The van der Waals surface area contributed by atoms with Crippen molar-refractivity contribution in [1.82, 2.24) is 10.6 Å². The van der Waals surface area contributed by atoms with Gasteiger partial charge in [0, 0.05) is 0 Å². The fraction of sp³-hybridized carbons (Fsp3) is 0.900. The van der Waals surface area contributed by atoms with E-state index in [2.05, 4.69) is 24.5 Å². The number of amides is 2. The molecule has 166 valence electrons. The SMILES string of the molecule is CCCCCCC(CNC(=O)OC)[Se][Se]C(CCCCCC)CNC(=O)OC. The van der Waals surface area contributed by atoms with E-state index in [1.807, 2.05) is 0 Å². The summed E-state index contributed by atoms with van der Waals surface area (Å²) in [6, 6.07) is 0. The Morgan fingerprint density at radius 1 is 0.714 bits per heavy atom. The monoisotopic (exact) mass is 532 g/mol. The van der Waals surface area contributed by atoms with Gasteiger partial charge in [0.15, 0.2) is 0 Å². The summed E-state index contributed by atoms with van der Waals surface area (Å²) in [6.45, 7) is 5.85. The van der Waals surface area contributed by atoms with Crippen LogP contribution in [0.1, 0.15) is 78.1 Å². The van der Waals surface area contributed by atoms with Crippen molar-refractivity contribution in [3.05, 3.63) is 0 Å². The quantitative estimate of drug-likeness (QED) is 0.214. The number of hydrogen-bond donors (Lipinski definition) is 2. The van der Waals surface area contributed by atoms with Crippen molar-refractivity contribution in [3.63, 3.8) is 0 Å². The number of rotatable bonds is 17. The standard InChI is InChI=1S/C20H40N2O4Se2/c1-5-7-9-11-13-17(15-21-19(23)25-3)27-28-18(14-12-10-8-6-2)16-22-20(24)26-4/h17-18H,5-16H2,1-4H3,(H,21,23)(H,22,24). The van der Waals surface area contributed by atoms with E-state index >= 15 is 0 Å². The van der Waals surface area contributed by atoms with E-state index in [-0.39, 0.29) is 12.2 Å². The Labute approximate surface area is 182 Å². The Kier molecular flexibility index (Phi) is 19.6. The third kappa shape index (κ3) is 16.5. The van der Waals surface area contributed by atoms with Crippen LogP contribution in [-0.4, -0.2) is 65.8 Å². The van der Waals surface area contributed by atoms with Gasteiger partial charge in [-0.25, -0.2) is 0 Å². The molecule has 2 amide bonds. The first-order valence-corrected chi connectivity index (χ1v) is 16.8. The normalized spacial score (nSPS) is 12.9. The molecule has 8 heteroatoms. The van der Waals surface area contributed by atoms with Crippen LogP contribution in [0.15, 0.2) is 0 Å². The second-order valence-electron chi connectivity index (χ2n) is 6.88. The molecule has 0 radical (unpaired) electrons. The molecule has 2 atom stereocenters. The molecule has 0 aromatic carbocycles. The van der Waals surface area contributed by atoms with Gasteiger partial charge in [-0.2, -0.15) is 0 Å². The van der Waals surface area contributed by atoms with Gasteiger partial charge in [0.25, 0.3) is 0 Å². The van der Waals surface area contributed by atoms with Crippen LogP contribution in [0.25, 0.3) is 0 Å². The van der Waals surface area contributed by atoms with Crippen molar-refractivity contribution in [3.8, 4) is 0 Å². The van der Waals surface area contributed by atoms with E-state index in [0.29, 0.717) is 49.0 Å². The number of unbranched alkanes of at least 4 members (excludes halogenated alkanes) is 6. The third-order valence-corrected chi connectivity index (χ3v) is 14.6. The molecular weight excluding hydrogens is 490 g/mol. The Morgan fingerprint density at radius 3 is 1.43 bits per heavy atom. The van der Waals surface area contributed by atoms with E-state index in [4.69, 9.17) is 9.47 Å². The first-order chi connectivity index (χ1) is 13.6. The van der Waals surface area contributed by atoms with E-state index < -0.39 is 0 Å². The first kappa shape index (κ1) is 27.6. The molecule has 2 unspecified atom stereocenters. The molecule has 0 fully saturated rings. The van der Waals surface area contributed by atoms with Crippen LogP contribution in [0, 0.1) is 0 Å². The summed E-state index contributed by atoms with van der Waals surface area (Å²) in [7, 11) is 2.82. The van der Waals surface area contributed by atoms with Gasteiger partial charge in [-0.1, -0.05) is 0 Å². The number of alkyl carbamates (subject to hydrolysis) is 2. The zero-order valence-corrected chi connectivity index (χ0v) is 21.5. The van der Waals surface area contributed by atoms with Crippen LogP contribution in [0.2, 0.25) is 9.63 Å². The number of carbonyl (C=O) groups is 2. The van der Waals surface area contributed by atoms with Crippen molar-refractivity contribution < 1.29 is 19.1 Å². The topological polar surface area (TPSA) is 76.7 Å². The fourth-order valence-electron chi connectivity index (χ4n) is 2.66. The predicted molar refractivity (Wildman–Crippen MR) is 117 cm³/mol. The second-order valence-corrected chi connectivity index (χ2v) is 14.7. The van der Waals surface area contributed by atoms with Gasteiger partial charge >= 0.3 is 183 Å². The number of carbonyl (C=O) groups excluding carboxylic acids is 2. The molecule has 0 saturated heterocycles. The number of nitrogens with one attached hydrogen (secondary N) is 2. The van der Waals surface area contributed by atoms with Gasteiger partial charge in [0.05, 0.1) is 0 Å². The van der Waals surface area contributed by atoms with Gasteiger partial charge < -0.3 is 0 Å². The van der Waals surface area contributed by atoms with Gasteiger partial charge in [-0.05, 0) is 0 Å². The van der Waals surface area contributed by atoms with E-state index in [0.717, 1.165) is 0 Å². The maximum atomic E-state index is 11.5. The molecule has 0 aliphatic carbocycles. The molecule has 0 aromatic heterocycles. The summed E-state index contributed by atoms with van der Waals surface area (Å²) in [4.78, 5) is 24.0. The van der Waals surface area contributed by atoms with Crippen LogP contribution in [0.4, 0.5) is 9.59 Å². The van der Waals surface area contributed by atoms with Crippen molar-refractivity contribution >= 4 is 38.4 Å². The van der Waals surface area contributed by atoms with Gasteiger partial charge in [0.1, 0.15) is 0 Å². The Balaban J connectivity index is 4.54. The van der Waals surface area contributed by atoms with Crippen molar-refractivity contribution in [2.24, 2.45) is 0 Å². The summed E-state index contributed by atoms with van der Waals surface area (Å²) < 4.78 is 9.45. The van der Waals surface area contributed by atoms with E-state index in [9.17, 15) is 9.59 Å². The minimum absolute atomic E-state index is 0.342. The van der Waals surface area contributed by atoms with Crippen LogP contribution in [-0.2, 0) is 9.47 Å². The molecule has 28 heavy (non-hydrogen) atoms. The number of methoxy groups -OCH3 is 2. The second kappa shape index (κ2) is 19.9. The van der Waals surface area contributed by atoms with Crippen LogP contribution >= 0.6 is 0 Å². The first-order valence-electron chi connectivity index (χ1n) is 10.5. The molecule has 6 nitrogen and oxygen atoms in total. The Bertz CT molecular complexity index is 364. The van der Waals surface area contributed by atoms with Crippen LogP contribution in [0.3, 0.4) is 0 Å². The summed E-state index contributed by atoms with van der Waals surface area (Å²) in [5.41, 5.74) is 0. The molecule has 0 rings (SSSR count). The number of hydrogen-bond acceptors (Lipinski definition) is 4. The Morgan fingerprint density at radius 2 is 1.11 bits per heavy atom. The summed E-state index contributed by atoms with van der Waals surface area (Å²) in [6.07, 6.45) is 11.6. The fourth-order valence-corrected chi connectivity index (χ4v) is 12.1. The summed E-state index contributed by atoms with van der Waals surface area (Å²) in [5, 5.41) is 5.78. The van der Waals surface area contributed by atoms with Gasteiger partial charge in [-0.3, -0.25) is 0 Å². The van der Waals surface area contributed by atoms with E-state index in [1.54, 1.807) is 0 Å². The van der Waals surface area contributed by atoms with Gasteiger partial charge in [-0.15, -0.1) is 0 Å². The molecule has 0 bridgehead atoms. The maximum absolute atomic E-state index is 11.5. The molecule has 0 aliphatic heterocycles. The molecule has 0 heterocycles. The van der Waals surface area contributed by atoms with Crippen molar-refractivity contribution in [1.29, 1.82) is 0 Å². The molecule has 0 saturated carbocycles. The summed E-state index contributed by atoms with van der Waals surface area (Å²) in [5.74, 6) is 0. The average molecular weight is 530 g/mol. The number of ether oxygens (including phenoxy) is 2. The Hall–Kier alpha value is -0.421. The van der Waals surface area contributed by atoms with Crippen molar-refractivity contribution in [2.75, 3.05) is 27.3 Å². The molecule has 0 aliphatic rings. The zero-order chi connectivity index (χ0) is 21.0. The average Bonchev–Trinajstić information content (AvgIpc) is 2.72. The predicted octanol–water partition coefficient (Wildman–Crippen LogP) is 4.54. The van der Waals surface area contributed by atoms with Crippen LogP contribution < -0.4 is 10.6 Å². The molecule has 2 N–H and O–H groups in total. The minimum atomic E-state index is -0.342. The third-order valence-electron chi connectivity index (χ3n) is 4.41. The van der Waals surface area contributed by atoms with Crippen LogP contribution in [0.5, 0.6) is 0 Å². The van der Waals surface area contributed by atoms with E-state index in [1.165, 1.54) is 78.4 Å². The van der Waals surface area contributed by atoms with Gasteiger partial charge in [0.2, 0.25) is 0 Å². The molecule has 0 spiro atoms. The van der Waals surface area contributed by atoms with Crippen molar-refractivity contribution in [2.45, 2.75) is 87.7 Å². The molecule has 0 aromatic rings. The molecular formula is C20H40N2O4Se2.